The van der Waals surface area contributed by atoms with Crippen LogP contribution in [0.15, 0.2) is 28.0 Å². The first-order valence-corrected chi connectivity index (χ1v) is 13.4. The molecule has 1 atom stereocenters. The van der Waals surface area contributed by atoms with Crippen molar-refractivity contribution >= 4 is 63.6 Å². The molecule has 37 heavy (non-hydrogen) atoms. The van der Waals surface area contributed by atoms with Gasteiger partial charge in [0, 0.05) is 25.3 Å². The molecule has 5 rings (SSSR count). The van der Waals surface area contributed by atoms with Gasteiger partial charge in [0.05, 0.1) is 24.0 Å². The first kappa shape index (κ1) is 25.4. The Balaban J connectivity index is 1.65. The van der Waals surface area contributed by atoms with E-state index in [1.807, 2.05) is 13.0 Å². The Morgan fingerprint density at radius 1 is 1.27 bits per heavy atom. The number of carbonyl (C=O) groups excluding carboxylic acids is 3. The number of rotatable bonds is 5. The molecular formula is C25H27N5O5S2. The van der Waals surface area contributed by atoms with Crippen molar-refractivity contribution in [2.24, 2.45) is 0 Å². The summed E-state index contributed by atoms with van der Waals surface area (Å²) < 4.78 is 6.72. The van der Waals surface area contributed by atoms with Crippen LogP contribution in [0.3, 0.4) is 0 Å². The van der Waals surface area contributed by atoms with Crippen LogP contribution in [0.5, 0.6) is 0 Å². The van der Waals surface area contributed by atoms with Crippen molar-refractivity contribution in [3.05, 3.63) is 44.7 Å². The second kappa shape index (κ2) is 10.3. The second-order valence-corrected chi connectivity index (χ2v) is 11.0. The van der Waals surface area contributed by atoms with Crippen LogP contribution in [0.25, 0.3) is 11.7 Å². The van der Waals surface area contributed by atoms with E-state index < -0.39 is 12.0 Å². The van der Waals surface area contributed by atoms with Crippen molar-refractivity contribution < 1.29 is 19.1 Å². The Kier molecular flexibility index (Phi) is 7.04. The third kappa shape index (κ3) is 4.75. The minimum atomic E-state index is -0.916. The molecule has 0 spiro atoms. The van der Waals surface area contributed by atoms with Crippen molar-refractivity contribution in [2.75, 3.05) is 25.1 Å². The maximum atomic E-state index is 13.8. The zero-order valence-electron chi connectivity index (χ0n) is 20.6. The lowest BCUT2D eigenvalue weighted by Gasteiger charge is -2.36. The molecule has 1 N–H and O–H groups in total. The van der Waals surface area contributed by atoms with E-state index in [1.54, 1.807) is 22.1 Å². The van der Waals surface area contributed by atoms with Crippen LogP contribution >= 0.6 is 24.0 Å². The van der Waals surface area contributed by atoms with Gasteiger partial charge in [-0.1, -0.05) is 42.9 Å². The van der Waals surface area contributed by atoms with Crippen molar-refractivity contribution in [3.63, 3.8) is 0 Å². The van der Waals surface area contributed by atoms with Crippen molar-refractivity contribution in [2.45, 2.75) is 51.1 Å². The highest BCUT2D eigenvalue weighted by Gasteiger charge is 2.39. The number of nitrogens with zero attached hydrogens (tertiary/aromatic N) is 4. The number of hydrogen-bond acceptors (Lipinski definition) is 9. The summed E-state index contributed by atoms with van der Waals surface area (Å²) in [6.45, 7) is 2.51. The summed E-state index contributed by atoms with van der Waals surface area (Å²) >= 11 is 6.71. The molecule has 0 radical (unpaired) electrons. The zero-order valence-corrected chi connectivity index (χ0v) is 22.2. The summed E-state index contributed by atoms with van der Waals surface area (Å²) in [6.07, 6.45) is 6.93. The summed E-state index contributed by atoms with van der Waals surface area (Å²) in [7, 11) is 1.26. The van der Waals surface area contributed by atoms with Gasteiger partial charge in [-0.3, -0.25) is 28.5 Å². The molecule has 3 fully saturated rings. The highest BCUT2D eigenvalue weighted by atomic mass is 32.2. The highest BCUT2D eigenvalue weighted by Crippen LogP contribution is 2.38. The molecule has 1 saturated carbocycles. The Bertz CT molecular complexity index is 1400. The SMILES string of the molecule is COC(=O)C[C@@H]1C(=O)NCCN1c1nc2ccc(C)cn2c(=O)c1/C=C1\SC(=S)N(C2CCCC2)C1=O. The molecule has 0 unspecified atom stereocenters. The number of piperazine rings is 1. The first-order valence-electron chi connectivity index (χ1n) is 12.2. The molecule has 1 aliphatic carbocycles. The number of carbonyl (C=O) groups is 3. The molecule has 2 saturated heterocycles. The van der Waals surface area contributed by atoms with Gasteiger partial charge in [-0.2, -0.15) is 0 Å². The van der Waals surface area contributed by atoms with Crippen molar-refractivity contribution in [1.29, 1.82) is 0 Å². The fourth-order valence-corrected chi connectivity index (χ4v) is 6.47. The van der Waals surface area contributed by atoms with Crippen LogP contribution in [0.4, 0.5) is 5.82 Å². The summed E-state index contributed by atoms with van der Waals surface area (Å²) in [5, 5.41) is 2.77. The molecule has 0 aromatic carbocycles. The maximum Gasteiger partial charge on any atom is 0.308 e. The van der Waals surface area contributed by atoms with Gasteiger partial charge in [0.2, 0.25) is 5.91 Å². The van der Waals surface area contributed by atoms with Gasteiger partial charge < -0.3 is 15.0 Å². The lowest BCUT2D eigenvalue weighted by molar-refractivity contribution is -0.143. The summed E-state index contributed by atoms with van der Waals surface area (Å²) in [6, 6.07) is 2.73. The van der Waals surface area contributed by atoms with Crippen LogP contribution in [0.1, 0.15) is 43.2 Å². The average molecular weight is 542 g/mol. The van der Waals surface area contributed by atoms with Crippen LogP contribution < -0.4 is 15.8 Å². The molecule has 2 aromatic heterocycles. The molecular weight excluding hydrogens is 514 g/mol. The summed E-state index contributed by atoms with van der Waals surface area (Å²) in [5.41, 5.74) is 1.05. The van der Waals surface area contributed by atoms with Gasteiger partial charge in [0.1, 0.15) is 21.8 Å². The lowest BCUT2D eigenvalue weighted by atomic mass is 10.1. The minimum absolute atomic E-state index is 0.0755. The van der Waals surface area contributed by atoms with Gasteiger partial charge in [0.25, 0.3) is 11.5 Å². The quantitative estimate of drug-likeness (QED) is 0.345. The minimum Gasteiger partial charge on any atom is -0.469 e. The fourth-order valence-electron chi connectivity index (χ4n) is 5.09. The molecule has 12 heteroatoms. The number of thioether (sulfide) groups is 1. The fraction of sp³-hybridized carbons (Fsp3) is 0.440. The van der Waals surface area contributed by atoms with E-state index in [1.165, 1.54) is 29.3 Å². The molecule has 2 aromatic rings. The number of hydrogen-bond donors (Lipinski definition) is 1. The van der Waals surface area contributed by atoms with Gasteiger partial charge in [-0.05, 0) is 37.5 Å². The summed E-state index contributed by atoms with van der Waals surface area (Å²) in [4.78, 5) is 60.6. The number of aromatic nitrogens is 2. The monoisotopic (exact) mass is 541 g/mol. The number of nitrogens with one attached hydrogen (secondary N) is 1. The third-order valence-corrected chi connectivity index (χ3v) is 8.30. The number of anilines is 1. The maximum absolute atomic E-state index is 13.8. The van der Waals surface area contributed by atoms with Crippen LogP contribution in [-0.4, -0.2) is 68.7 Å². The largest absolute Gasteiger partial charge is 0.469 e. The first-order chi connectivity index (χ1) is 17.8. The van der Waals surface area contributed by atoms with Crippen molar-refractivity contribution in [3.8, 4) is 0 Å². The van der Waals surface area contributed by atoms with Gasteiger partial charge >= 0.3 is 5.97 Å². The standard InChI is InChI=1S/C25H27N5O5S2/c1-14-7-8-19-27-21(28-10-9-26-22(32)17(28)12-20(31)35-2)16(23(33)29(19)13-14)11-18-24(34)30(25(36)37-18)15-5-3-4-6-15/h7-8,11,13,15,17H,3-6,9-10,12H2,1-2H3,(H,26,32)/b18-11-/t17-/m1/s1. The number of fused-ring (bicyclic) bond motifs is 1. The topological polar surface area (TPSA) is 113 Å². The van der Waals surface area contributed by atoms with E-state index >= 15 is 0 Å². The van der Waals surface area contributed by atoms with Gasteiger partial charge in [-0.25, -0.2) is 4.98 Å². The van der Waals surface area contributed by atoms with E-state index in [0.29, 0.717) is 28.0 Å². The zero-order chi connectivity index (χ0) is 26.3. The Labute approximate surface area is 223 Å². The number of methoxy groups -OCH3 is 1. The van der Waals surface area contributed by atoms with Crippen molar-refractivity contribution in [1.82, 2.24) is 19.6 Å². The number of ether oxygens (including phenoxy) is 1. The van der Waals surface area contributed by atoms with E-state index in [4.69, 9.17) is 21.9 Å². The molecule has 2 amide bonds. The Morgan fingerprint density at radius 2 is 2.03 bits per heavy atom. The predicted octanol–water partition coefficient (Wildman–Crippen LogP) is 2.01. The number of aryl methyl sites for hydroxylation is 1. The molecule has 0 bridgehead atoms. The molecule has 4 heterocycles. The predicted molar refractivity (Wildman–Crippen MR) is 144 cm³/mol. The second-order valence-electron chi connectivity index (χ2n) is 9.36. The normalized spacial score (nSPS) is 21.8. The number of esters is 1. The third-order valence-electron chi connectivity index (χ3n) is 6.96. The number of thiocarbonyl (C=S) groups is 1. The molecule has 2 aliphatic heterocycles. The average Bonchev–Trinajstić information content (AvgIpc) is 3.49. The van der Waals surface area contributed by atoms with Gasteiger partial charge in [-0.15, -0.1) is 0 Å². The van der Waals surface area contributed by atoms with E-state index in [2.05, 4.69) is 5.32 Å². The van der Waals surface area contributed by atoms with Crippen LogP contribution in [0.2, 0.25) is 0 Å². The Hall–Kier alpha value is -3.25. The molecule has 3 aliphatic rings. The number of pyridine rings is 1. The molecule has 194 valence electrons. The van der Waals surface area contributed by atoms with Gasteiger partial charge in [0.15, 0.2) is 0 Å². The lowest BCUT2D eigenvalue weighted by Crippen LogP contribution is -2.57. The van der Waals surface area contributed by atoms with E-state index in [-0.39, 0.29) is 41.2 Å². The van der Waals surface area contributed by atoms with E-state index in [9.17, 15) is 19.2 Å². The van der Waals surface area contributed by atoms with Crippen LogP contribution in [-0.2, 0) is 19.1 Å². The molecule has 10 nitrogen and oxygen atoms in total. The highest BCUT2D eigenvalue weighted by molar-refractivity contribution is 8.26. The number of amides is 2. The smallest absolute Gasteiger partial charge is 0.308 e. The summed E-state index contributed by atoms with van der Waals surface area (Å²) in [5.74, 6) is -0.895. The Morgan fingerprint density at radius 3 is 2.76 bits per heavy atom. The van der Waals surface area contributed by atoms with Crippen LogP contribution in [0, 0.1) is 6.92 Å². The van der Waals surface area contributed by atoms with E-state index in [0.717, 1.165) is 31.2 Å².